The minimum absolute atomic E-state index is 0.00763. The number of amides is 3. The maximum Gasteiger partial charge on any atom is 0.326 e. The normalized spacial score (nSPS) is 14.9. The van der Waals surface area contributed by atoms with E-state index in [4.69, 9.17) is 10.8 Å². The number of nitrogens with two attached hydrogens (primary N) is 1. The van der Waals surface area contributed by atoms with Crippen molar-refractivity contribution in [1.82, 2.24) is 25.9 Å². The number of aromatic amines is 1. The number of carboxylic acids is 1. The van der Waals surface area contributed by atoms with Crippen LogP contribution in [-0.4, -0.2) is 86.4 Å². The SMILES string of the molecule is CC(C)CC(NC(=O)C(Cc1cnc[nH]1)NC(=O)C(CO)NC(=O)C(N)CO)C(=O)O. The number of imidazole rings is 1. The number of aliphatic hydroxyl groups excluding tert-OH is 2. The number of carbonyl (C=O) groups is 4. The van der Waals surface area contributed by atoms with Crippen LogP contribution in [0.3, 0.4) is 0 Å². The first-order valence-electron chi connectivity index (χ1n) is 9.67. The molecule has 0 bridgehead atoms. The number of carbonyl (C=O) groups excluding carboxylic acids is 3. The molecule has 0 fully saturated rings. The van der Waals surface area contributed by atoms with Gasteiger partial charge in [-0.05, 0) is 12.3 Å². The highest BCUT2D eigenvalue weighted by molar-refractivity contribution is 5.94. The van der Waals surface area contributed by atoms with Crippen molar-refractivity contribution < 1.29 is 34.5 Å². The molecule has 0 saturated heterocycles. The van der Waals surface area contributed by atoms with Crippen LogP contribution >= 0.6 is 0 Å². The van der Waals surface area contributed by atoms with Crippen LogP contribution in [0.25, 0.3) is 0 Å². The monoisotopic (exact) mass is 442 g/mol. The van der Waals surface area contributed by atoms with Crippen LogP contribution in [0.4, 0.5) is 0 Å². The lowest BCUT2D eigenvalue weighted by Crippen LogP contribution is -2.58. The molecule has 4 atom stereocenters. The van der Waals surface area contributed by atoms with Crippen LogP contribution < -0.4 is 21.7 Å². The Hall–Kier alpha value is -3.03. The Morgan fingerprint density at radius 1 is 1.00 bits per heavy atom. The summed E-state index contributed by atoms with van der Waals surface area (Å²) < 4.78 is 0. The summed E-state index contributed by atoms with van der Waals surface area (Å²) in [5, 5.41) is 34.7. The van der Waals surface area contributed by atoms with Crippen molar-refractivity contribution in [2.24, 2.45) is 11.7 Å². The predicted molar refractivity (Wildman–Crippen MR) is 107 cm³/mol. The van der Waals surface area contributed by atoms with Gasteiger partial charge in [-0.2, -0.15) is 0 Å². The molecule has 13 nitrogen and oxygen atoms in total. The van der Waals surface area contributed by atoms with Gasteiger partial charge in [0.1, 0.15) is 24.2 Å². The van der Waals surface area contributed by atoms with E-state index < -0.39 is 61.1 Å². The summed E-state index contributed by atoms with van der Waals surface area (Å²) in [5.41, 5.74) is 5.87. The molecule has 174 valence electrons. The van der Waals surface area contributed by atoms with Gasteiger partial charge in [-0.25, -0.2) is 9.78 Å². The molecule has 0 aliphatic heterocycles. The first-order valence-corrected chi connectivity index (χ1v) is 9.67. The molecule has 0 aliphatic rings. The molecule has 0 aliphatic carbocycles. The molecule has 0 radical (unpaired) electrons. The lowest BCUT2D eigenvalue weighted by molar-refractivity contribution is -0.142. The summed E-state index contributed by atoms with van der Waals surface area (Å²) in [5.74, 6) is -3.74. The number of rotatable bonds is 13. The molecule has 4 unspecified atom stereocenters. The Morgan fingerprint density at radius 2 is 1.58 bits per heavy atom. The molecular weight excluding hydrogens is 412 g/mol. The Bertz CT molecular complexity index is 740. The van der Waals surface area contributed by atoms with E-state index in [1.165, 1.54) is 12.5 Å². The number of aromatic nitrogens is 2. The third-order valence-electron chi connectivity index (χ3n) is 4.28. The van der Waals surface area contributed by atoms with Crippen molar-refractivity contribution >= 4 is 23.7 Å². The molecule has 0 saturated carbocycles. The molecule has 0 spiro atoms. The molecular formula is C18H30N6O7. The maximum atomic E-state index is 12.8. The Kier molecular flexibility index (Phi) is 10.6. The van der Waals surface area contributed by atoms with Gasteiger partial charge in [0.2, 0.25) is 17.7 Å². The molecule has 31 heavy (non-hydrogen) atoms. The second-order valence-electron chi connectivity index (χ2n) is 7.40. The first-order chi connectivity index (χ1) is 14.6. The van der Waals surface area contributed by atoms with Crippen LogP contribution in [-0.2, 0) is 25.6 Å². The van der Waals surface area contributed by atoms with E-state index in [-0.39, 0.29) is 18.8 Å². The topological polar surface area (TPSA) is 220 Å². The smallest absolute Gasteiger partial charge is 0.326 e. The molecule has 0 aromatic carbocycles. The summed E-state index contributed by atoms with van der Waals surface area (Å²) >= 11 is 0. The van der Waals surface area contributed by atoms with E-state index in [1.54, 1.807) is 13.8 Å². The number of nitrogens with zero attached hydrogens (tertiary/aromatic N) is 1. The van der Waals surface area contributed by atoms with Crippen LogP contribution in [0.15, 0.2) is 12.5 Å². The van der Waals surface area contributed by atoms with E-state index in [1.807, 2.05) is 0 Å². The van der Waals surface area contributed by atoms with Gasteiger partial charge in [0.15, 0.2) is 0 Å². The fourth-order valence-corrected chi connectivity index (χ4v) is 2.62. The fraction of sp³-hybridized carbons (Fsp3) is 0.611. The van der Waals surface area contributed by atoms with E-state index in [0.717, 1.165) is 0 Å². The van der Waals surface area contributed by atoms with Gasteiger partial charge in [-0.1, -0.05) is 13.8 Å². The van der Waals surface area contributed by atoms with E-state index in [0.29, 0.717) is 5.69 Å². The number of nitrogens with one attached hydrogen (secondary N) is 4. The van der Waals surface area contributed by atoms with Gasteiger partial charge in [0.05, 0.1) is 19.5 Å². The highest BCUT2D eigenvalue weighted by Crippen LogP contribution is 2.07. The largest absolute Gasteiger partial charge is 0.480 e. The quantitative estimate of drug-likeness (QED) is 0.154. The minimum atomic E-state index is -1.44. The number of carboxylic acid groups (broad SMARTS) is 1. The van der Waals surface area contributed by atoms with Crippen molar-refractivity contribution in [3.05, 3.63) is 18.2 Å². The number of hydrogen-bond donors (Lipinski definition) is 8. The molecule has 1 aromatic rings. The van der Waals surface area contributed by atoms with Gasteiger partial charge < -0.3 is 42.0 Å². The summed E-state index contributed by atoms with van der Waals surface area (Å²) in [6.07, 6.45) is 2.94. The average molecular weight is 442 g/mol. The highest BCUT2D eigenvalue weighted by Gasteiger charge is 2.30. The molecule has 3 amide bonds. The van der Waals surface area contributed by atoms with Crippen molar-refractivity contribution in [3.8, 4) is 0 Å². The summed E-state index contributed by atoms with van der Waals surface area (Å²) in [7, 11) is 0. The Balaban J connectivity index is 2.96. The molecule has 9 N–H and O–H groups in total. The summed E-state index contributed by atoms with van der Waals surface area (Å²) in [6.45, 7) is 2.15. The van der Waals surface area contributed by atoms with Crippen molar-refractivity contribution in [1.29, 1.82) is 0 Å². The summed E-state index contributed by atoms with van der Waals surface area (Å²) in [4.78, 5) is 55.2. The van der Waals surface area contributed by atoms with E-state index >= 15 is 0 Å². The van der Waals surface area contributed by atoms with Crippen molar-refractivity contribution in [3.63, 3.8) is 0 Å². The van der Waals surface area contributed by atoms with Crippen LogP contribution in [0.5, 0.6) is 0 Å². The molecule has 1 heterocycles. The zero-order chi connectivity index (χ0) is 23.6. The first kappa shape index (κ1) is 26.0. The lowest BCUT2D eigenvalue weighted by Gasteiger charge is -2.24. The fourth-order valence-electron chi connectivity index (χ4n) is 2.62. The number of aliphatic carboxylic acids is 1. The molecule has 1 aromatic heterocycles. The van der Waals surface area contributed by atoms with Gasteiger partial charge in [0.25, 0.3) is 0 Å². The highest BCUT2D eigenvalue weighted by atomic mass is 16.4. The number of H-pyrrole nitrogens is 1. The van der Waals surface area contributed by atoms with E-state index in [9.17, 15) is 29.4 Å². The van der Waals surface area contributed by atoms with E-state index in [2.05, 4.69) is 25.9 Å². The Labute approximate surface area is 178 Å². The van der Waals surface area contributed by atoms with Gasteiger partial charge >= 0.3 is 5.97 Å². The van der Waals surface area contributed by atoms with Crippen LogP contribution in [0, 0.1) is 5.92 Å². The Morgan fingerprint density at radius 3 is 2.06 bits per heavy atom. The lowest BCUT2D eigenvalue weighted by atomic mass is 10.0. The van der Waals surface area contributed by atoms with Gasteiger partial charge in [-0.15, -0.1) is 0 Å². The second-order valence-corrected chi connectivity index (χ2v) is 7.40. The van der Waals surface area contributed by atoms with Crippen LogP contribution in [0.2, 0.25) is 0 Å². The molecule has 13 heteroatoms. The number of hydrogen-bond acceptors (Lipinski definition) is 8. The van der Waals surface area contributed by atoms with Gasteiger partial charge in [-0.3, -0.25) is 14.4 Å². The zero-order valence-corrected chi connectivity index (χ0v) is 17.4. The third-order valence-corrected chi connectivity index (χ3v) is 4.28. The second kappa shape index (κ2) is 12.6. The standard InChI is InChI=1S/C18H30N6O7/c1-9(2)3-13(18(30)31)23-16(28)12(4-10-5-20-8-21-10)22-17(29)14(7-26)24-15(27)11(19)6-25/h5,8-9,11-14,25-26H,3-4,6-7,19H2,1-2H3,(H,20,21)(H,22,29)(H,23,28)(H,24,27)(H,30,31). The van der Waals surface area contributed by atoms with Crippen molar-refractivity contribution in [2.45, 2.75) is 50.9 Å². The third kappa shape index (κ3) is 8.70. The predicted octanol–water partition coefficient (Wildman–Crippen LogP) is -3.15. The van der Waals surface area contributed by atoms with Crippen molar-refractivity contribution in [2.75, 3.05) is 13.2 Å². The maximum absolute atomic E-state index is 12.8. The van der Waals surface area contributed by atoms with Gasteiger partial charge in [0, 0.05) is 18.3 Å². The molecule has 1 rings (SSSR count). The minimum Gasteiger partial charge on any atom is -0.480 e. The average Bonchev–Trinajstić information content (AvgIpc) is 3.22. The number of aliphatic hydroxyl groups is 2. The summed E-state index contributed by atoms with van der Waals surface area (Å²) in [6, 6.07) is -5.12. The van der Waals surface area contributed by atoms with Crippen LogP contribution in [0.1, 0.15) is 26.0 Å². The zero-order valence-electron chi connectivity index (χ0n) is 17.4.